The smallest absolute Gasteiger partial charge is 0.335 e. The van der Waals surface area contributed by atoms with Gasteiger partial charge in [-0.2, -0.15) is 0 Å². The second-order valence-electron chi connectivity index (χ2n) is 4.85. The Bertz CT molecular complexity index is 898. The minimum atomic E-state index is -1.05. The number of nitrogens with zero attached hydrogens (tertiary/aromatic N) is 2. The van der Waals surface area contributed by atoms with Crippen molar-refractivity contribution in [3.63, 3.8) is 0 Å². The molecule has 0 unspecified atom stereocenters. The highest BCUT2D eigenvalue weighted by molar-refractivity contribution is 7.13. The maximum atomic E-state index is 11.1. The van der Waals surface area contributed by atoms with Crippen molar-refractivity contribution < 1.29 is 14.6 Å². The monoisotopic (exact) mass is 361 g/mol. The first kappa shape index (κ1) is 16.2. The van der Waals surface area contributed by atoms with Gasteiger partial charge in [0.2, 0.25) is 0 Å². The van der Waals surface area contributed by atoms with Gasteiger partial charge < -0.3 is 15.2 Å². The van der Waals surface area contributed by atoms with Crippen LogP contribution in [0.15, 0.2) is 41.9 Å². The number of hydrogen-bond donors (Lipinski definition) is 2. The number of carboxylic acid groups (broad SMARTS) is 1. The van der Waals surface area contributed by atoms with Crippen LogP contribution in [0.25, 0.3) is 0 Å². The van der Waals surface area contributed by atoms with Crippen LogP contribution in [0.1, 0.15) is 16.1 Å². The quantitative estimate of drug-likeness (QED) is 0.683. The molecule has 0 atom stereocenters. The van der Waals surface area contributed by atoms with E-state index < -0.39 is 5.97 Å². The molecule has 0 radical (unpaired) electrons. The molecule has 6 nitrogen and oxygen atoms in total. The number of aromatic carboxylic acids is 1. The summed E-state index contributed by atoms with van der Waals surface area (Å²) in [6.07, 6.45) is 1.58. The zero-order valence-corrected chi connectivity index (χ0v) is 14.1. The Labute approximate surface area is 146 Å². The topological polar surface area (TPSA) is 84.3 Å². The molecule has 122 valence electrons. The van der Waals surface area contributed by atoms with E-state index >= 15 is 0 Å². The molecule has 0 spiro atoms. The fourth-order valence-electron chi connectivity index (χ4n) is 1.91. The predicted octanol–water partition coefficient (Wildman–Crippen LogP) is 4.73. The van der Waals surface area contributed by atoms with Gasteiger partial charge in [-0.25, -0.2) is 14.8 Å². The first-order valence-corrected chi connectivity index (χ1v) is 8.13. The number of carbonyl (C=O) groups is 1. The molecule has 3 aromatic rings. The van der Waals surface area contributed by atoms with Gasteiger partial charge in [0, 0.05) is 17.6 Å². The number of pyridine rings is 1. The Morgan fingerprint density at radius 1 is 1.33 bits per heavy atom. The number of ether oxygens (including phenoxy) is 1. The van der Waals surface area contributed by atoms with E-state index in [2.05, 4.69) is 15.3 Å². The molecule has 0 aliphatic rings. The number of halogens is 1. The third-order valence-corrected chi connectivity index (χ3v) is 4.18. The molecular formula is C16H12ClN3O3S. The van der Waals surface area contributed by atoms with E-state index in [9.17, 15) is 4.79 Å². The Hall–Kier alpha value is -2.64. The number of aryl methyl sites for hydroxylation is 1. The number of hydrogen-bond acceptors (Lipinski definition) is 6. The van der Waals surface area contributed by atoms with Gasteiger partial charge >= 0.3 is 5.97 Å². The van der Waals surface area contributed by atoms with E-state index in [-0.39, 0.29) is 11.3 Å². The van der Waals surface area contributed by atoms with E-state index in [1.54, 1.807) is 18.3 Å². The molecule has 8 heteroatoms. The van der Waals surface area contributed by atoms with Gasteiger partial charge in [-0.15, -0.1) is 11.3 Å². The van der Waals surface area contributed by atoms with Crippen molar-refractivity contribution in [2.45, 2.75) is 6.92 Å². The summed E-state index contributed by atoms with van der Waals surface area (Å²) < 4.78 is 5.69. The van der Waals surface area contributed by atoms with Gasteiger partial charge in [0.05, 0.1) is 16.3 Å². The number of carboxylic acids is 1. The number of benzene rings is 1. The molecule has 2 heterocycles. The van der Waals surface area contributed by atoms with Gasteiger partial charge in [0.15, 0.2) is 5.13 Å². The normalized spacial score (nSPS) is 10.4. The highest BCUT2D eigenvalue weighted by atomic mass is 35.5. The zero-order valence-electron chi connectivity index (χ0n) is 12.5. The van der Waals surface area contributed by atoms with Crippen LogP contribution in [0.2, 0.25) is 5.02 Å². The summed E-state index contributed by atoms with van der Waals surface area (Å²) >= 11 is 7.54. The fourth-order valence-corrected chi connectivity index (χ4v) is 2.76. The number of rotatable bonds is 5. The first-order valence-electron chi connectivity index (χ1n) is 6.87. The van der Waals surface area contributed by atoms with Crippen molar-refractivity contribution >= 4 is 39.9 Å². The summed E-state index contributed by atoms with van der Waals surface area (Å²) in [7, 11) is 0. The molecule has 0 saturated carbocycles. The van der Waals surface area contributed by atoms with E-state index in [4.69, 9.17) is 21.4 Å². The van der Waals surface area contributed by atoms with Crippen LogP contribution in [0.4, 0.5) is 10.9 Å². The molecule has 0 amide bonds. The first-order chi connectivity index (χ1) is 11.5. The van der Waals surface area contributed by atoms with E-state index in [0.717, 1.165) is 10.8 Å². The lowest BCUT2D eigenvalue weighted by Gasteiger charge is -2.09. The molecule has 1 aromatic carbocycles. The summed E-state index contributed by atoms with van der Waals surface area (Å²) in [5.74, 6) is 0.254. The molecular weight excluding hydrogens is 350 g/mol. The van der Waals surface area contributed by atoms with Crippen molar-refractivity contribution in [3.8, 4) is 11.5 Å². The zero-order chi connectivity index (χ0) is 17.1. The SMILES string of the molecule is Cc1csc(Nc2cc(Oc3cc(C(=O)O)ccc3Cl)ccn2)n1. The number of nitrogens with one attached hydrogen (secondary N) is 1. The summed E-state index contributed by atoms with van der Waals surface area (Å²) in [6, 6.07) is 7.62. The summed E-state index contributed by atoms with van der Waals surface area (Å²) in [6.45, 7) is 1.91. The van der Waals surface area contributed by atoms with Crippen LogP contribution in [-0.4, -0.2) is 21.0 Å². The highest BCUT2D eigenvalue weighted by Gasteiger charge is 2.10. The lowest BCUT2D eigenvalue weighted by atomic mass is 10.2. The lowest BCUT2D eigenvalue weighted by molar-refractivity contribution is 0.0696. The summed E-state index contributed by atoms with van der Waals surface area (Å²) in [5.41, 5.74) is 1.02. The average Bonchev–Trinajstić information content (AvgIpc) is 2.94. The molecule has 3 rings (SSSR count). The van der Waals surface area contributed by atoms with Gasteiger partial charge in [0.25, 0.3) is 0 Å². The second-order valence-corrected chi connectivity index (χ2v) is 6.11. The number of aromatic nitrogens is 2. The van der Waals surface area contributed by atoms with Crippen LogP contribution < -0.4 is 10.1 Å². The van der Waals surface area contributed by atoms with Gasteiger partial charge in [-0.05, 0) is 31.2 Å². The van der Waals surface area contributed by atoms with Crippen molar-refractivity contribution in [1.82, 2.24) is 9.97 Å². The van der Waals surface area contributed by atoms with Crippen LogP contribution in [0.5, 0.6) is 11.5 Å². The van der Waals surface area contributed by atoms with E-state index in [1.807, 2.05) is 12.3 Å². The van der Waals surface area contributed by atoms with Crippen molar-refractivity contribution in [1.29, 1.82) is 0 Å². The molecule has 0 bridgehead atoms. The van der Waals surface area contributed by atoms with Crippen molar-refractivity contribution in [3.05, 3.63) is 58.2 Å². The standard InChI is InChI=1S/C16H12ClN3O3S/c1-9-8-24-16(19-9)20-14-7-11(4-5-18-14)23-13-6-10(15(21)22)2-3-12(13)17/h2-8H,1H3,(H,21,22)(H,18,19,20). The molecule has 0 aliphatic heterocycles. The Balaban J connectivity index is 1.82. The molecule has 2 N–H and O–H groups in total. The molecule has 0 aliphatic carbocycles. The number of anilines is 2. The summed E-state index contributed by atoms with van der Waals surface area (Å²) in [5, 5.41) is 15.1. The van der Waals surface area contributed by atoms with Gasteiger partial charge in [0.1, 0.15) is 17.3 Å². The van der Waals surface area contributed by atoms with E-state index in [0.29, 0.717) is 16.6 Å². The summed E-state index contributed by atoms with van der Waals surface area (Å²) in [4.78, 5) is 19.6. The molecule has 24 heavy (non-hydrogen) atoms. The minimum Gasteiger partial charge on any atom is -0.478 e. The molecule has 0 fully saturated rings. The molecule has 0 saturated heterocycles. The van der Waals surface area contributed by atoms with Crippen molar-refractivity contribution in [2.24, 2.45) is 0 Å². The maximum absolute atomic E-state index is 11.1. The van der Waals surface area contributed by atoms with Crippen LogP contribution in [0, 0.1) is 6.92 Å². The molecule has 2 aromatic heterocycles. The van der Waals surface area contributed by atoms with E-state index in [1.165, 1.54) is 29.5 Å². The Morgan fingerprint density at radius 3 is 2.88 bits per heavy atom. The third kappa shape index (κ3) is 3.81. The Morgan fingerprint density at radius 2 is 2.17 bits per heavy atom. The van der Waals surface area contributed by atoms with Gasteiger partial charge in [-0.1, -0.05) is 11.6 Å². The number of thiazole rings is 1. The van der Waals surface area contributed by atoms with Gasteiger partial charge in [-0.3, -0.25) is 0 Å². The predicted molar refractivity (Wildman–Crippen MR) is 92.9 cm³/mol. The van der Waals surface area contributed by atoms with Crippen LogP contribution in [-0.2, 0) is 0 Å². The van der Waals surface area contributed by atoms with Crippen LogP contribution in [0.3, 0.4) is 0 Å². The Kier molecular flexibility index (Phi) is 4.64. The average molecular weight is 362 g/mol. The van der Waals surface area contributed by atoms with Crippen LogP contribution >= 0.6 is 22.9 Å². The lowest BCUT2D eigenvalue weighted by Crippen LogP contribution is -1.97. The maximum Gasteiger partial charge on any atom is 0.335 e. The minimum absolute atomic E-state index is 0.0973. The largest absolute Gasteiger partial charge is 0.478 e. The highest BCUT2D eigenvalue weighted by Crippen LogP contribution is 2.31. The third-order valence-electron chi connectivity index (χ3n) is 2.99. The fraction of sp³-hybridized carbons (Fsp3) is 0.0625. The van der Waals surface area contributed by atoms with Crippen molar-refractivity contribution in [2.75, 3.05) is 5.32 Å². The second kappa shape index (κ2) is 6.86.